The Morgan fingerprint density at radius 2 is 2.28 bits per heavy atom. The molecule has 3 nitrogen and oxygen atoms in total. The highest BCUT2D eigenvalue weighted by Gasteiger charge is 2.25. The summed E-state index contributed by atoms with van der Waals surface area (Å²) in [6.45, 7) is 3.12. The van der Waals surface area contributed by atoms with Crippen LogP contribution in [0.2, 0.25) is 5.02 Å². The van der Waals surface area contributed by atoms with Crippen molar-refractivity contribution in [3.8, 4) is 5.75 Å². The Labute approximate surface area is 113 Å². The van der Waals surface area contributed by atoms with E-state index < -0.39 is 6.10 Å². The van der Waals surface area contributed by atoms with Gasteiger partial charge in [0.15, 0.2) is 0 Å². The monoisotopic (exact) mass is 269 g/mol. The largest absolute Gasteiger partial charge is 0.491 e. The molecule has 1 aromatic rings. The average molecular weight is 270 g/mol. The molecule has 0 amide bonds. The number of aliphatic hydroxyl groups excluding tert-OH is 1. The van der Waals surface area contributed by atoms with Crippen LogP contribution in [-0.4, -0.2) is 30.4 Å². The van der Waals surface area contributed by atoms with Gasteiger partial charge < -0.3 is 15.2 Å². The van der Waals surface area contributed by atoms with Crippen molar-refractivity contribution in [2.24, 2.45) is 5.92 Å². The molecular formula is C14H20ClNO2. The van der Waals surface area contributed by atoms with Gasteiger partial charge in [0.1, 0.15) is 18.5 Å². The van der Waals surface area contributed by atoms with Gasteiger partial charge in [-0.05, 0) is 37.0 Å². The smallest absolute Gasteiger partial charge is 0.120 e. The summed E-state index contributed by atoms with van der Waals surface area (Å²) in [6, 6.07) is 7.78. The van der Waals surface area contributed by atoms with Gasteiger partial charge in [-0.2, -0.15) is 0 Å². The third-order valence-electron chi connectivity index (χ3n) is 3.25. The normalized spacial score (nSPS) is 24.4. The molecule has 4 heteroatoms. The minimum absolute atomic E-state index is 0.287. The van der Waals surface area contributed by atoms with Gasteiger partial charge in [0.2, 0.25) is 0 Å². The van der Waals surface area contributed by atoms with E-state index in [4.69, 9.17) is 16.3 Å². The molecule has 1 atom stereocenters. The van der Waals surface area contributed by atoms with Crippen LogP contribution in [0.5, 0.6) is 5.75 Å². The van der Waals surface area contributed by atoms with Crippen LogP contribution in [0.4, 0.5) is 0 Å². The Balaban J connectivity index is 1.63. The van der Waals surface area contributed by atoms with Gasteiger partial charge in [-0.3, -0.25) is 0 Å². The molecule has 100 valence electrons. The van der Waals surface area contributed by atoms with Crippen molar-refractivity contribution in [2.45, 2.75) is 31.9 Å². The highest BCUT2D eigenvalue weighted by atomic mass is 35.5. The van der Waals surface area contributed by atoms with Crippen molar-refractivity contribution < 1.29 is 9.84 Å². The van der Waals surface area contributed by atoms with Crippen molar-refractivity contribution in [1.82, 2.24) is 5.32 Å². The number of benzene rings is 1. The van der Waals surface area contributed by atoms with E-state index in [9.17, 15) is 5.11 Å². The van der Waals surface area contributed by atoms with Crippen LogP contribution < -0.4 is 10.1 Å². The second-order valence-electron chi connectivity index (χ2n) is 5.10. The zero-order chi connectivity index (χ0) is 13.0. The molecule has 1 aliphatic rings. The summed E-state index contributed by atoms with van der Waals surface area (Å²) in [6.07, 6.45) is 1.93. The summed E-state index contributed by atoms with van der Waals surface area (Å²) in [7, 11) is 0. The Morgan fingerprint density at radius 3 is 2.94 bits per heavy atom. The fraction of sp³-hybridized carbons (Fsp3) is 0.571. The summed E-state index contributed by atoms with van der Waals surface area (Å²) in [4.78, 5) is 0. The number of hydrogen-bond donors (Lipinski definition) is 2. The average Bonchev–Trinajstić information content (AvgIpc) is 2.31. The summed E-state index contributed by atoms with van der Waals surface area (Å²) >= 11 is 5.85. The lowest BCUT2D eigenvalue weighted by molar-refractivity contribution is 0.0955. The predicted molar refractivity (Wildman–Crippen MR) is 73.1 cm³/mol. The van der Waals surface area contributed by atoms with Crippen molar-refractivity contribution in [3.05, 3.63) is 29.3 Å². The number of halogens is 1. The van der Waals surface area contributed by atoms with E-state index in [1.54, 1.807) is 12.1 Å². The molecule has 0 saturated heterocycles. The minimum Gasteiger partial charge on any atom is -0.491 e. The van der Waals surface area contributed by atoms with Gasteiger partial charge in [0, 0.05) is 17.6 Å². The lowest BCUT2D eigenvalue weighted by Gasteiger charge is -2.34. The first-order valence-electron chi connectivity index (χ1n) is 6.43. The number of aliphatic hydroxyl groups is 1. The van der Waals surface area contributed by atoms with E-state index in [0.717, 1.165) is 5.92 Å². The van der Waals surface area contributed by atoms with Gasteiger partial charge >= 0.3 is 0 Å². The van der Waals surface area contributed by atoms with Crippen LogP contribution in [0.15, 0.2) is 24.3 Å². The Hall–Kier alpha value is -0.770. The molecule has 0 heterocycles. The summed E-state index contributed by atoms with van der Waals surface area (Å²) in [5.74, 6) is 1.51. The van der Waals surface area contributed by atoms with Crippen LogP contribution in [0.3, 0.4) is 0 Å². The van der Waals surface area contributed by atoms with E-state index in [0.29, 0.717) is 23.4 Å². The highest BCUT2D eigenvalue weighted by molar-refractivity contribution is 6.30. The number of hydrogen-bond acceptors (Lipinski definition) is 3. The fourth-order valence-corrected chi connectivity index (χ4v) is 2.36. The zero-order valence-corrected chi connectivity index (χ0v) is 11.4. The summed E-state index contributed by atoms with van der Waals surface area (Å²) in [5, 5.41) is 13.8. The van der Waals surface area contributed by atoms with Crippen LogP contribution in [0.25, 0.3) is 0 Å². The van der Waals surface area contributed by atoms with Gasteiger partial charge in [0.25, 0.3) is 0 Å². The Morgan fingerprint density at radius 1 is 1.50 bits per heavy atom. The standard InChI is InChI=1S/C14H20ClNO2/c1-10-5-12(6-10)16-8-13(17)9-18-14-4-2-3-11(15)7-14/h2-4,7,10,12-13,16-17H,5-6,8-9H2,1H3. The molecule has 1 aromatic carbocycles. The second kappa shape index (κ2) is 6.41. The van der Waals surface area contributed by atoms with Gasteiger partial charge in [0.05, 0.1) is 0 Å². The Kier molecular flexibility index (Phi) is 4.87. The van der Waals surface area contributed by atoms with Gasteiger partial charge in [-0.25, -0.2) is 0 Å². The van der Waals surface area contributed by atoms with E-state index in [1.165, 1.54) is 12.8 Å². The van der Waals surface area contributed by atoms with E-state index in [1.807, 2.05) is 12.1 Å². The molecule has 0 aliphatic heterocycles. The highest BCUT2D eigenvalue weighted by Crippen LogP contribution is 2.26. The molecule has 1 saturated carbocycles. The number of ether oxygens (including phenoxy) is 1. The van der Waals surface area contributed by atoms with Crippen molar-refractivity contribution >= 4 is 11.6 Å². The molecule has 0 bridgehead atoms. The molecule has 18 heavy (non-hydrogen) atoms. The molecule has 2 N–H and O–H groups in total. The minimum atomic E-state index is -0.486. The molecule has 1 aliphatic carbocycles. The fourth-order valence-electron chi connectivity index (χ4n) is 2.18. The van der Waals surface area contributed by atoms with Crippen LogP contribution in [-0.2, 0) is 0 Å². The topological polar surface area (TPSA) is 41.5 Å². The summed E-state index contributed by atoms with van der Waals surface area (Å²) < 4.78 is 5.48. The van der Waals surface area contributed by atoms with Crippen molar-refractivity contribution in [1.29, 1.82) is 0 Å². The van der Waals surface area contributed by atoms with Crippen molar-refractivity contribution in [3.63, 3.8) is 0 Å². The third kappa shape index (κ3) is 4.16. The number of rotatable bonds is 6. The molecule has 0 aromatic heterocycles. The maximum Gasteiger partial charge on any atom is 0.120 e. The van der Waals surface area contributed by atoms with Crippen LogP contribution >= 0.6 is 11.6 Å². The molecule has 0 spiro atoms. The lowest BCUT2D eigenvalue weighted by atomic mass is 9.82. The first-order valence-corrected chi connectivity index (χ1v) is 6.81. The number of nitrogens with one attached hydrogen (secondary N) is 1. The first-order chi connectivity index (χ1) is 8.63. The summed E-state index contributed by atoms with van der Waals surface area (Å²) in [5.41, 5.74) is 0. The van der Waals surface area contributed by atoms with E-state index >= 15 is 0 Å². The SMILES string of the molecule is CC1CC(NCC(O)COc2cccc(Cl)c2)C1. The van der Waals surface area contributed by atoms with Crippen LogP contribution in [0.1, 0.15) is 19.8 Å². The molecular weight excluding hydrogens is 250 g/mol. The van der Waals surface area contributed by atoms with Crippen molar-refractivity contribution in [2.75, 3.05) is 13.2 Å². The molecule has 1 unspecified atom stereocenters. The maximum absolute atomic E-state index is 9.79. The Bertz CT molecular complexity index is 380. The quantitative estimate of drug-likeness (QED) is 0.834. The molecule has 0 radical (unpaired) electrons. The van der Waals surface area contributed by atoms with Gasteiger partial charge in [-0.15, -0.1) is 0 Å². The van der Waals surface area contributed by atoms with E-state index in [2.05, 4.69) is 12.2 Å². The van der Waals surface area contributed by atoms with E-state index in [-0.39, 0.29) is 6.61 Å². The third-order valence-corrected chi connectivity index (χ3v) is 3.49. The second-order valence-corrected chi connectivity index (χ2v) is 5.54. The molecule has 1 fully saturated rings. The first kappa shape index (κ1) is 13.7. The maximum atomic E-state index is 9.79. The lowest BCUT2D eigenvalue weighted by Crippen LogP contribution is -2.44. The zero-order valence-electron chi connectivity index (χ0n) is 10.6. The van der Waals surface area contributed by atoms with Gasteiger partial charge in [-0.1, -0.05) is 24.6 Å². The molecule has 2 rings (SSSR count). The predicted octanol–water partition coefficient (Wildman–Crippen LogP) is 2.47. The van der Waals surface area contributed by atoms with Crippen LogP contribution in [0, 0.1) is 5.92 Å².